The summed E-state index contributed by atoms with van der Waals surface area (Å²) in [7, 11) is -3.59. The maximum Gasteiger partial charge on any atom is 0.335 e. The highest BCUT2D eigenvalue weighted by Gasteiger charge is 2.20. The molecular weight excluding hydrogens is 414 g/mol. The first-order valence-electron chi connectivity index (χ1n) is 9.79. The minimum Gasteiger partial charge on any atom is -0.488 e. The van der Waals surface area contributed by atoms with Gasteiger partial charge in [-0.05, 0) is 53.5 Å². The number of fused-ring (bicyclic) bond motifs is 2. The van der Waals surface area contributed by atoms with Crippen molar-refractivity contribution in [2.24, 2.45) is 0 Å². The molecule has 2 N–H and O–H groups in total. The van der Waals surface area contributed by atoms with Gasteiger partial charge in [0.1, 0.15) is 12.4 Å². The van der Waals surface area contributed by atoms with E-state index in [-0.39, 0.29) is 17.0 Å². The van der Waals surface area contributed by atoms with Crippen molar-refractivity contribution in [1.82, 2.24) is 4.72 Å². The van der Waals surface area contributed by atoms with Crippen LogP contribution in [0.2, 0.25) is 0 Å². The molecule has 0 amide bonds. The van der Waals surface area contributed by atoms with E-state index in [1.165, 1.54) is 6.07 Å². The van der Waals surface area contributed by atoms with E-state index in [0.717, 1.165) is 16.7 Å². The number of hydrogen-bond acceptors (Lipinski definition) is 4. The zero-order chi connectivity index (χ0) is 21.8. The van der Waals surface area contributed by atoms with Crippen LogP contribution in [0, 0.1) is 0 Å². The molecule has 4 rings (SSSR count). The van der Waals surface area contributed by atoms with Gasteiger partial charge in [0.25, 0.3) is 0 Å². The first kappa shape index (κ1) is 20.8. The van der Waals surface area contributed by atoms with Crippen LogP contribution in [-0.4, -0.2) is 26.0 Å². The SMILES string of the molecule is O=C(O)c1ccc2c(c1)/C(=C/CCNS(=O)(=O)c1ccccc1)c1ccccc1CO2. The lowest BCUT2D eigenvalue weighted by atomic mass is 9.92. The number of hydrogen-bond donors (Lipinski definition) is 2. The summed E-state index contributed by atoms with van der Waals surface area (Å²) in [5, 5.41) is 9.41. The Hall–Kier alpha value is -3.42. The van der Waals surface area contributed by atoms with E-state index in [1.54, 1.807) is 42.5 Å². The first-order valence-corrected chi connectivity index (χ1v) is 11.3. The van der Waals surface area contributed by atoms with Crippen molar-refractivity contribution in [3.8, 4) is 5.75 Å². The molecule has 158 valence electrons. The molecule has 0 spiro atoms. The average molecular weight is 436 g/mol. The summed E-state index contributed by atoms with van der Waals surface area (Å²) in [6.45, 7) is 0.575. The topological polar surface area (TPSA) is 92.7 Å². The third-order valence-corrected chi connectivity index (χ3v) is 6.52. The molecule has 1 aliphatic rings. The van der Waals surface area contributed by atoms with Gasteiger partial charge in [-0.1, -0.05) is 48.5 Å². The zero-order valence-corrected chi connectivity index (χ0v) is 17.4. The molecule has 1 aliphatic heterocycles. The van der Waals surface area contributed by atoms with Crippen molar-refractivity contribution < 1.29 is 23.1 Å². The molecule has 0 radical (unpaired) electrons. The number of carboxylic acids is 1. The highest BCUT2D eigenvalue weighted by atomic mass is 32.2. The molecule has 0 atom stereocenters. The molecule has 3 aromatic carbocycles. The second-order valence-electron chi connectivity index (χ2n) is 7.08. The van der Waals surface area contributed by atoms with Crippen molar-refractivity contribution in [3.05, 3.63) is 101 Å². The van der Waals surface area contributed by atoms with Crippen LogP contribution in [0.15, 0.2) is 83.8 Å². The van der Waals surface area contributed by atoms with E-state index in [1.807, 2.05) is 30.3 Å². The largest absolute Gasteiger partial charge is 0.488 e. The molecule has 1 heterocycles. The van der Waals surface area contributed by atoms with Crippen LogP contribution in [-0.2, 0) is 16.6 Å². The van der Waals surface area contributed by atoms with Gasteiger partial charge in [-0.2, -0.15) is 0 Å². The number of sulfonamides is 1. The number of rotatable bonds is 6. The van der Waals surface area contributed by atoms with E-state index in [4.69, 9.17) is 4.74 Å². The van der Waals surface area contributed by atoms with Gasteiger partial charge in [0, 0.05) is 12.1 Å². The highest BCUT2D eigenvalue weighted by Crippen LogP contribution is 2.37. The van der Waals surface area contributed by atoms with E-state index >= 15 is 0 Å². The van der Waals surface area contributed by atoms with Gasteiger partial charge < -0.3 is 9.84 Å². The van der Waals surface area contributed by atoms with Crippen LogP contribution in [0.25, 0.3) is 5.57 Å². The Morgan fingerprint density at radius 1 is 1.00 bits per heavy atom. The van der Waals surface area contributed by atoms with Gasteiger partial charge in [0.05, 0.1) is 10.5 Å². The summed E-state index contributed by atoms with van der Waals surface area (Å²) in [6.07, 6.45) is 2.35. The number of carboxylic acid groups (broad SMARTS) is 1. The van der Waals surface area contributed by atoms with Gasteiger partial charge in [-0.25, -0.2) is 17.9 Å². The standard InChI is InChI=1S/C24H21NO5S/c26-24(27)17-12-13-23-22(15-17)21(20-10-5-4-7-18(20)16-30-23)11-6-14-25-31(28,29)19-8-2-1-3-9-19/h1-5,7-13,15,25H,6,14,16H2,(H,26,27)/b21-11+. The fourth-order valence-electron chi connectivity index (χ4n) is 3.52. The van der Waals surface area contributed by atoms with Gasteiger partial charge in [-0.15, -0.1) is 0 Å². The first-order chi connectivity index (χ1) is 15.0. The van der Waals surface area contributed by atoms with Gasteiger partial charge >= 0.3 is 5.97 Å². The summed E-state index contributed by atoms with van der Waals surface area (Å²) >= 11 is 0. The summed E-state index contributed by atoms with van der Waals surface area (Å²) in [5.41, 5.74) is 3.58. The van der Waals surface area contributed by atoms with E-state index in [0.29, 0.717) is 24.3 Å². The number of benzene rings is 3. The lowest BCUT2D eigenvalue weighted by Gasteiger charge is -2.12. The van der Waals surface area contributed by atoms with Crippen molar-refractivity contribution >= 4 is 21.6 Å². The molecule has 0 saturated carbocycles. The lowest BCUT2D eigenvalue weighted by Crippen LogP contribution is -2.24. The normalized spacial score (nSPS) is 14.3. The molecule has 7 heteroatoms. The summed E-state index contributed by atoms with van der Waals surface area (Å²) in [4.78, 5) is 11.7. The summed E-state index contributed by atoms with van der Waals surface area (Å²) in [5.74, 6) is -0.424. The predicted octanol–water partition coefficient (Wildman–Crippen LogP) is 4.08. The monoisotopic (exact) mass is 435 g/mol. The zero-order valence-electron chi connectivity index (χ0n) is 16.6. The average Bonchev–Trinajstić information content (AvgIpc) is 2.94. The van der Waals surface area contributed by atoms with Crippen LogP contribution in [0.3, 0.4) is 0 Å². The van der Waals surface area contributed by atoms with E-state index in [2.05, 4.69) is 4.72 Å². The molecule has 0 fully saturated rings. The Kier molecular flexibility index (Phi) is 5.88. The fraction of sp³-hybridized carbons (Fsp3) is 0.125. The third kappa shape index (κ3) is 4.52. The maximum absolute atomic E-state index is 12.4. The van der Waals surface area contributed by atoms with Gasteiger partial charge in [0.2, 0.25) is 10.0 Å². The molecule has 0 saturated heterocycles. The Bertz CT molecular complexity index is 1250. The lowest BCUT2D eigenvalue weighted by molar-refractivity contribution is 0.0696. The van der Waals surface area contributed by atoms with Crippen LogP contribution in [0.4, 0.5) is 0 Å². The Morgan fingerprint density at radius 3 is 2.52 bits per heavy atom. The van der Waals surface area contributed by atoms with Crippen molar-refractivity contribution in [2.75, 3.05) is 6.54 Å². The molecule has 0 bridgehead atoms. The molecule has 0 unspecified atom stereocenters. The Morgan fingerprint density at radius 2 is 1.74 bits per heavy atom. The van der Waals surface area contributed by atoms with Gasteiger partial charge in [-0.3, -0.25) is 0 Å². The number of carbonyl (C=O) groups is 1. The smallest absolute Gasteiger partial charge is 0.335 e. The summed E-state index contributed by atoms with van der Waals surface area (Å²) in [6, 6.07) is 20.7. The minimum absolute atomic E-state index is 0.164. The third-order valence-electron chi connectivity index (χ3n) is 5.05. The molecule has 3 aromatic rings. The predicted molar refractivity (Wildman–Crippen MR) is 118 cm³/mol. The molecule has 0 aliphatic carbocycles. The number of nitrogens with one attached hydrogen (secondary N) is 1. The van der Waals surface area contributed by atoms with Gasteiger partial charge in [0.15, 0.2) is 0 Å². The summed E-state index contributed by atoms with van der Waals surface area (Å²) < 4.78 is 33.4. The molecular formula is C24H21NO5S. The minimum atomic E-state index is -3.59. The van der Waals surface area contributed by atoms with Crippen LogP contribution in [0.5, 0.6) is 5.75 Å². The Labute approximate surface area is 180 Å². The van der Waals surface area contributed by atoms with Crippen molar-refractivity contribution in [2.45, 2.75) is 17.9 Å². The molecule has 0 aromatic heterocycles. The van der Waals surface area contributed by atoms with Crippen LogP contribution in [0.1, 0.15) is 33.5 Å². The number of aromatic carboxylic acids is 1. The van der Waals surface area contributed by atoms with E-state index in [9.17, 15) is 18.3 Å². The second kappa shape index (κ2) is 8.75. The van der Waals surface area contributed by atoms with E-state index < -0.39 is 16.0 Å². The highest BCUT2D eigenvalue weighted by molar-refractivity contribution is 7.89. The molecule has 6 nitrogen and oxygen atoms in total. The van der Waals surface area contributed by atoms with Crippen LogP contribution >= 0.6 is 0 Å². The number of ether oxygens (including phenoxy) is 1. The fourth-order valence-corrected chi connectivity index (χ4v) is 4.59. The van der Waals surface area contributed by atoms with Crippen molar-refractivity contribution in [1.29, 1.82) is 0 Å². The second-order valence-corrected chi connectivity index (χ2v) is 8.85. The van der Waals surface area contributed by atoms with Crippen molar-refractivity contribution in [3.63, 3.8) is 0 Å². The Balaban J connectivity index is 1.64. The van der Waals surface area contributed by atoms with Crippen LogP contribution < -0.4 is 9.46 Å². The maximum atomic E-state index is 12.4. The quantitative estimate of drug-likeness (QED) is 0.569. The molecule has 31 heavy (non-hydrogen) atoms.